The van der Waals surface area contributed by atoms with Crippen molar-refractivity contribution < 1.29 is 32.8 Å². The van der Waals surface area contributed by atoms with Gasteiger partial charge in [-0.3, -0.25) is 18.9 Å². The fourth-order valence-corrected chi connectivity index (χ4v) is 8.46. The number of urea groups is 1. The maximum absolute atomic E-state index is 14.5. The molecule has 2 fully saturated rings. The van der Waals surface area contributed by atoms with Crippen LogP contribution in [0.5, 0.6) is 0 Å². The number of amides is 5. The third kappa shape index (κ3) is 9.17. The van der Waals surface area contributed by atoms with E-state index in [0.717, 1.165) is 27.5 Å². The van der Waals surface area contributed by atoms with Crippen molar-refractivity contribution in [2.45, 2.75) is 53.0 Å². The van der Waals surface area contributed by atoms with E-state index in [0.29, 0.717) is 12.2 Å². The minimum atomic E-state index is -3.58. The first-order valence-electron chi connectivity index (χ1n) is 17.7. The second-order valence-electron chi connectivity index (χ2n) is 13.0. The molecule has 0 unspecified atom stereocenters. The predicted octanol–water partition coefficient (Wildman–Crippen LogP) is 5.86. The molecule has 0 bridgehead atoms. The Kier molecular flexibility index (Phi) is 13.3. The van der Waals surface area contributed by atoms with Crippen LogP contribution in [0.15, 0.2) is 97.1 Å². The van der Waals surface area contributed by atoms with Crippen LogP contribution >= 0.6 is 7.60 Å². The lowest BCUT2D eigenvalue weighted by atomic mass is 9.97. The summed E-state index contributed by atoms with van der Waals surface area (Å²) in [4.78, 5) is 58.2. The van der Waals surface area contributed by atoms with Gasteiger partial charge in [-0.1, -0.05) is 92.4 Å². The van der Waals surface area contributed by atoms with E-state index in [2.05, 4.69) is 10.6 Å². The third-order valence-electron chi connectivity index (χ3n) is 9.33. The summed E-state index contributed by atoms with van der Waals surface area (Å²) in [6.07, 6.45) is -1.02. The van der Waals surface area contributed by atoms with Crippen LogP contribution in [0.3, 0.4) is 0 Å². The number of rotatable bonds is 13. The maximum Gasteiger partial charge on any atom is 0.340 e. The quantitative estimate of drug-likeness (QED) is 0.162. The number of hydrazine groups is 1. The molecule has 0 saturated carbocycles. The topological polar surface area (TPSA) is 141 Å². The van der Waals surface area contributed by atoms with Gasteiger partial charge in [0.25, 0.3) is 0 Å². The van der Waals surface area contributed by atoms with Crippen molar-refractivity contribution in [3.8, 4) is 0 Å². The molecule has 4 aromatic carbocycles. The highest BCUT2D eigenvalue weighted by Crippen LogP contribution is 2.47. The zero-order chi connectivity index (χ0) is 37.5. The second kappa shape index (κ2) is 17.8. The second-order valence-corrected chi connectivity index (χ2v) is 15.1. The Balaban J connectivity index is 0.00000561. The molecule has 286 valence electrons. The monoisotopic (exact) mass is 756 g/mol. The Labute approximate surface area is 316 Å². The maximum atomic E-state index is 14.5. The number of hydrogen-bond acceptors (Lipinski definition) is 8. The molecule has 0 aromatic heterocycles. The molecule has 2 saturated heterocycles. The molecule has 2 aliphatic rings. The van der Waals surface area contributed by atoms with Crippen LogP contribution in [0.25, 0.3) is 10.8 Å². The number of anilines is 1. The molecule has 2 aliphatic heterocycles. The van der Waals surface area contributed by atoms with Crippen molar-refractivity contribution in [2.75, 3.05) is 44.8 Å². The number of carbonyl (C=O) groups is 4. The summed E-state index contributed by atoms with van der Waals surface area (Å²) in [6, 6.07) is 29.2. The van der Waals surface area contributed by atoms with Gasteiger partial charge in [-0.25, -0.2) is 14.8 Å². The van der Waals surface area contributed by atoms with Gasteiger partial charge in [0.2, 0.25) is 17.7 Å². The van der Waals surface area contributed by atoms with E-state index in [1.54, 1.807) is 65.0 Å². The van der Waals surface area contributed by atoms with Crippen LogP contribution in [0.2, 0.25) is 0 Å². The fraction of sp³-hybridized carbons (Fsp3) is 0.350. The van der Waals surface area contributed by atoms with Gasteiger partial charge < -0.3 is 29.5 Å². The first-order chi connectivity index (χ1) is 25.6. The lowest BCUT2D eigenvalue weighted by Gasteiger charge is -2.54. The van der Waals surface area contributed by atoms with Crippen LogP contribution in [0, 0.1) is 0 Å². The van der Waals surface area contributed by atoms with Gasteiger partial charge in [-0.05, 0) is 53.4 Å². The largest absolute Gasteiger partial charge is 0.340 e. The molecule has 2 N–H and O–H groups in total. The van der Waals surface area contributed by atoms with Crippen molar-refractivity contribution >= 4 is 47.8 Å². The van der Waals surface area contributed by atoms with Crippen molar-refractivity contribution in [3.63, 3.8) is 0 Å². The zero-order valence-electron chi connectivity index (χ0n) is 30.1. The van der Waals surface area contributed by atoms with E-state index in [4.69, 9.17) is 9.05 Å². The minimum Gasteiger partial charge on any atom is -0.333 e. The van der Waals surface area contributed by atoms with Crippen molar-refractivity contribution in [3.05, 3.63) is 114 Å². The first kappa shape index (κ1) is 40.1. The highest BCUT2D eigenvalue weighted by atomic mass is 31.2. The zero-order valence-corrected chi connectivity index (χ0v) is 31.0. The molecule has 0 spiro atoms. The van der Waals surface area contributed by atoms with E-state index in [-0.39, 0.29) is 64.5 Å². The molecule has 2 atom stereocenters. The molecule has 2 heterocycles. The van der Waals surface area contributed by atoms with Crippen LogP contribution in [0.1, 0.15) is 38.0 Å². The number of nitrogens with one attached hydrogen (secondary N) is 2. The number of piperazine rings is 1. The number of likely N-dealkylation sites (N-methyl/N-ethyl adjacent to an activating group) is 1. The van der Waals surface area contributed by atoms with Crippen LogP contribution < -0.4 is 10.6 Å². The van der Waals surface area contributed by atoms with Gasteiger partial charge in [0, 0.05) is 32.2 Å². The summed E-state index contributed by atoms with van der Waals surface area (Å²) < 4.78 is 23.3. The highest BCUT2D eigenvalue weighted by molar-refractivity contribution is 7.54. The SMILES string of the molecule is C.CCOP(=O)(CC(=O)Nc1ccc(C[C@H]2C(=O)N(Cc3cccc4ccccc34)C[C@H]3N2C(=O)CN(C)N3C(=O)NCc2ccccc2)cc1)OCC. The summed E-state index contributed by atoms with van der Waals surface area (Å²) >= 11 is 0. The van der Waals surface area contributed by atoms with Crippen LogP contribution in [-0.2, 0) is 47.5 Å². The molecule has 4 aromatic rings. The predicted molar refractivity (Wildman–Crippen MR) is 208 cm³/mol. The van der Waals surface area contributed by atoms with E-state index in [1.165, 1.54) is 0 Å². The smallest absolute Gasteiger partial charge is 0.333 e. The van der Waals surface area contributed by atoms with Crippen molar-refractivity contribution in [1.82, 2.24) is 25.1 Å². The Bertz CT molecular complexity index is 1980. The number of benzene rings is 4. The van der Waals surface area contributed by atoms with Crippen molar-refractivity contribution in [1.29, 1.82) is 0 Å². The van der Waals surface area contributed by atoms with Gasteiger partial charge in [0.05, 0.1) is 26.3 Å². The van der Waals surface area contributed by atoms with Gasteiger partial charge in [-0.15, -0.1) is 0 Å². The summed E-state index contributed by atoms with van der Waals surface area (Å²) in [6.45, 7) is 4.26. The molecule has 13 nitrogen and oxygen atoms in total. The lowest BCUT2D eigenvalue weighted by Crippen LogP contribution is -2.76. The fourth-order valence-electron chi connectivity index (χ4n) is 6.98. The average molecular weight is 757 g/mol. The molecular formula is C40H49N6O7P. The molecule has 0 aliphatic carbocycles. The standard InChI is InChI=1S/C39H45N6O7P.CH4/c1-4-51-53(50,52-5-2)27-35(46)41-32-20-18-28(19-21-32)22-34-38(48)43(24-31-16-11-15-30-14-9-10-17-33(30)31)25-36-44(34)37(47)26-42(3)45(36)39(49)40-23-29-12-7-6-8-13-29;/h6-21,34,36H,4-5,22-27H2,1-3H3,(H,40,49)(H,41,46);1H4/t34-,36-;/m0./s1. The van der Waals surface area contributed by atoms with E-state index in [9.17, 15) is 23.7 Å². The molecule has 14 heteroatoms. The third-order valence-corrected chi connectivity index (χ3v) is 11.3. The molecule has 5 amide bonds. The normalized spacial score (nSPS) is 17.6. The summed E-state index contributed by atoms with van der Waals surface area (Å²) in [5.41, 5.74) is 3.09. The number of nitrogens with zero attached hydrogens (tertiary/aromatic N) is 4. The minimum absolute atomic E-state index is 0. The van der Waals surface area contributed by atoms with Gasteiger partial charge in [0.1, 0.15) is 18.4 Å². The Morgan fingerprint density at radius 1 is 0.852 bits per heavy atom. The van der Waals surface area contributed by atoms with Gasteiger partial charge in [0.15, 0.2) is 0 Å². The molecule has 6 rings (SSSR count). The van der Waals surface area contributed by atoms with Gasteiger partial charge >= 0.3 is 13.6 Å². The lowest BCUT2D eigenvalue weighted by molar-refractivity contribution is -0.187. The van der Waals surface area contributed by atoms with Crippen molar-refractivity contribution in [2.24, 2.45) is 0 Å². The Morgan fingerprint density at radius 2 is 1.52 bits per heavy atom. The Hall–Kier alpha value is -5.07. The van der Waals surface area contributed by atoms with Crippen LogP contribution in [-0.4, -0.2) is 95.3 Å². The van der Waals surface area contributed by atoms with Gasteiger partial charge in [-0.2, -0.15) is 0 Å². The van der Waals surface area contributed by atoms with Crippen LogP contribution in [0.4, 0.5) is 10.5 Å². The number of fused-ring (bicyclic) bond motifs is 2. The summed E-state index contributed by atoms with van der Waals surface area (Å²) in [5.74, 6) is -1.01. The highest BCUT2D eigenvalue weighted by Gasteiger charge is 2.50. The molecule has 0 radical (unpaired) electrons. The summed E-state index contributed by atoms with van der Waals surface area (Å²) in [5, 5.41) is 11.0. The van der Waals surface area contributed by atoms with E-state index >= 15 is 0 Å². The summed E-state index contributed by atoms with van der Waals surface area (Å²) in [7, 11) is -1.88. The number of hydrogen-bond donors (Lipinski definition) is 2. The van der Waals surface area contributed by atoms with E-state index < -0.39 is 31.9 Å². The average Bonchev–Trinajstić information content (AvgIpc) is 3.13. The number of carbonyl (C=O) groups excluding carboxylic acids is 4. The molecular weight excluding hydrogens is 707 g/mol. The van der Waals surface area contributed by atoms with E-state index in [1.807, 2.05) is 72.8 Å². The first-order valence-corrected chi connectivity index (χ1v) is 19.5. The molecule has 54 heavy (non-hydrogen) atoms. The Morgan fingerprint density at radius 3 is 2.22 bits per heavy atom.